The molecule has 0 unspecified atom stereocenters. The Hall–Kier alpha value is -7.67. The smallest absolute Gasteiger partial charge is 0.229 e. The zero-order valence-electron chi connectivity index (χ0n) is 56.6. The molecule has 26 nitrogen and oxygen atoms in total. The quantitative estimate of drug-likeness (QED) is 0.0459. The lowest BCUT2D eigenvalue weighted by atomic mass is 9.99. The highest BCUT2D eigenvalue weighted by Crippen LogP contribution is 2.42. The van der Waals surface area contributed by atoms with E-state index in [0.717, 1.165) is 114 Å². The maximum absolute atomic E-state index is 12.3. The van der Waals surface area contributed by atoms with Crippen molar-refractivity contribution >= 4 is 140 Å². The first-order valence-corrected chi connectivity index (χ1v) is 37.2. The number of rotatable bonds is 18. The number of nitrogen functional groups attached to an aromatic ring is 1. The van der Waals surface area contributed by atoms with Gasteiger partial charge >= 0.3 is 0 Å². The molecule has 5 N–H and O–H groups in total. The number of aromatic nitrogens is 8. The maximum atomic E-state index is 12.3. The maximum Gasteiger partial charge on any atom is 0.229 e. The van der Waals surface area contributed by atoms with Gasteiger partial charge in [-0.25, -0.2) is 26.8 Å². The van der Waals surface area contributed by atoms with Gasteiger partial charge in [-0.05, 0) is 112 Å². The number of hydrogen-bond donors (Lipinski definition) is 4. The van der Waals surface area contributed by atoms with Crippen LogP contribution in [0.4, 0.5) is 63.1 Å². The van der Waals surface area contributed by atoms with E-state index < -0.39 is 20.0 Å². The third kappa shape index (κ3) is 17.8. The van der Waals surface area contributed by atoms with Gasteiger partial charge < -0.3 is 49.9 Å². The summed E-state index contributed by atoms with van der Waals surface area (Å²) < 4.78 is 64.8. The number of fused-ring (bicyclic) bond motifs is 2. The molecular weight excluding hydrogens is 1340 g/mol. The fraction of sp³-hybridized carbons (Fsp3) is 0.455. The number of ether oxygens (including phenoxy) is 2. The Kier molecular flexibility index (Phi) is 23.7. The predicted octanol–water partition coefficient (Wildman–Crippen LogP) is 9.67. The van der Waals surface area contributed by atoms with Crippen molar-refractivity contribution in [3.8, 4) is 11.5 Å². The van der Waals surface area contributed by atoms with Crippen LogP contribution in [0.5, 0.6) is 11.5 Å². The van der Waals surface area contributed by atoms with Gasteiger partial charge in [0.2, 0.25) is 31.3 Å². The number of sulfonamides is 2. The Bertz CT molecular complexity index is 4290. The van der Waals surface area contributed by atoms with Crippen molar-refractivity contribution in [2.75, 3.05) is 174 Å². The van der Waals surface area contributed by atoms with Crippen LogP contribution >= 0.6 is 34.8 Å². The van der Waals surface area contributed by atoms with E-state index in [1.54, 1.807) is 68.6 Å². The summed E-state index contributed by atoms with van der Waals surface area (Å²) in [6.07, 6.45) is 17.7. The molecular formula is C66H87Cl3N20O6S2. The van der Waals surface area contributed by atoms with E-state index in [-0.39, 0.29) is 26.7 Å². The van der Waals surface area contributed by atoms with Crippen molar-refractivity contribution < 1.29 is 26.3 Å². The van der Waals surface area contributed by atoms with Gasteiger partial charge in [-0.2, -0.15) is 9.97 Å². The van der Waals surface area contributed by atoms with Gasteiger partial charge in [0.05, 0.1) is 72.9 Å². The molecule has 12 rings (SSSR count). The number of aryl methyl sites for hydroxylation is 2. The lowest BCUT2D eigenvalue weighted by Crippen LogP contribution is -2.52. The summed E-state index contributed by atoms with van der Waals surface area (Å²) in [4.78, 5) is 52.7. The monoisotopic (exact) mass is 1420 g/mol. The number of hydrogen-bond acceptors (Lipinski definition) is 24. The number of nitrogens with zero attached hydrogens (tertiary/aromatic N) is 16. The number of likely N-dealkylation sites (N-methyl/N-ethyl adjacent to an activating group) is 2. The second-order valence-corrected chi connectivity index (χ2v) is 29.3. The number of piperidine rings is 2. The first kappa shape index (κ1) is 72.1. The molecule has 0 bridgehead atoms. The minimum absolute atomic E-state index is 0.0180. The minimum Gasteiger partial charge on any atom is -0.495 e. The Morgan fingerprint density at radius 1 is 0.557 bits per heavy atom. The molecule has 31 heteroatoms. The van der Waals surface area contributed by atoms with Crippen molar-refractivity contribution in [1.29, 1.82) is 0 Å². The van der Waals surface area contributed by atoms with Gasteiger partial charge in [0, 0.05) is 153 Å². The van der Waals surface area contributed by atoms with Crippen LogP contribution in [0.25, 0.3) is 22.1 Å². The normalized spacial score (nSPS) is 16.5. The molecule has 4 aliphatic rings. The van der Waals surface area contributed by atoms with Crippen LogP contribution in [0.1, 0.15) is 50.7 Å². The molecule has 97 heavy (non-hydrogen) atoms. The average Bonchev–Trinajstić information content (AvgIpc) is 0.792. The largest absolute Gasteiger partial charge is 0.495 e. The Morgan fingerprint density at radius 2 is 0.979 bits per heavy atom. The summed E-state index contributed by atoms with van der Waals surface area (Å²) in [7, 11) is 4.00. The van der Waals surface area contributed by atoms with Crippen LogP contribution < -0.4 is 49.6 Å². The molecule has 0 aliphatic carbocycles. The number of piperazine rings is 2. The van der Waals surface area contributed by atoms with E-state index in [1.807, 2.05) is 0 Å². The topological polar surface area (TPSA) is 278 Å². The summed E-state index contributed by atoms with van der Waals surface area (Å²) in [6.45, 7) is 18.0. The SMILES string of the molecule is CCc1cc(N)c(OC)cc1N1CCC(N2CCN(C)CC2)CC1.CCc1cc(Nc2ncc(Cl)c(N(C)c3ccc4nccnc4c3NS(C)(=O)=O)n2)c(OC)cc1N1CCC(N2CCN(C)CC2)CC1.CN(c1ccc2nccnc2c1NS(C)(=O)=O)c1nc(Cl)ncc1Cl. The van der Waals surface area contributed by atoms with Crippen molar-refractivity contribution in [2.45, 2.75) is 64.5 Å². The van der Waals surface area contributed by atoms with E-state index in [0.29, 0.717) is 62.8 Å². The molecule has 4 fully saturated rings. The van der Waals surface area contributed by atoms with Crippen LogP contribution in [0.3, 0.4) is 0 Å². The Labute approximate surface area is 584 Å². The molecule has 0 amide bonds. The van der Waals surface area contributed by atoms with E-state index in [4.69, 9.17) is 55.0 Å². The van der Waals surface area contributed by atoms with Crippen LogP contribution in [0.2, 0.25) is 15.3 Å². The fourth-order valence-electron chi connectivity index (χ4n) is 12.9. The highest BCUT2D eigenvalue weighted by atomic mass is 35.5. The van der Waals surface area contributed by atoms with Gasteiger partial charge in [0.1, 0.15) is 44.0 Å². The number of methoxy groups -OCH3 is 2. The average molecular weight is 1430 g/mol. The Morgan fingerprint density at radius 3 is 1.42 bits per heavy atom. The summed E-state index contributed by atoms with van der Waals surface area (Å²) >= 11 is 18.6. The number of anilines is 11. The van der Waals surface area contributed by atoms with Crippen LogP contribution in [-0.4, -0.2) is 222 Å². The van der Waals surface area contributed by atoms with E-state index in [2.05, 4.69) is 131 Å². The molecule has 4 aromatic carbocycles. The van der Waals surface area contributed by atoms with E-state index in [1.165, 1.54) is 92.5 Å². The Balaban J connectivity index is 0.000000175. The van der Waals surface area contributed by atoms with Crippen LogP contribution in [0.15, 0.2) is 85.7 Å². The van der Waals surface area contributed by atoms with Gasteiger partial charge in [0.15, 0.2) is 11.6 Å². The van der Waals surface area contributed by atoms with Gasteiger partial charge in [-0.3, -0.25) is 39.2 Å². The first-order chi connectivity index (χ1) is 46.4. The molecule has 8 heterocycles. The summed E-state index contributed by atoms with van der Waals surface area (Å²) in [5.41, 5.74) is 16.0. The van der Waals surface area contributed by atoms with Crippen LogP contribution in [-0.2, 0) is 32.9 Å². The molecule has 4 saturated heterocycles. The van der Waals surface area contributed by atoms with Crippen LogP contribution in [0, 0.1) is 0 Å². The molecule has 4 aliphatic heterocycles. The van der Waals surface area contributed by atoms with E-state index >= 15 is 0 Å². The lowest BCUT2D eigenvalue weighted by molar-refractivity contribution is 0.0982. The van der Waals surface area contributed by atoms with E-state index in [9.17, 15) is 16.8 Å². The van der Waals surface area contributed by atoms with Gasteiger partial charge in [0.25, 0.3) is 0 Å². The zero-order chi connectivity index (χ0) is 69.3. The molecule has 0 atom stereocenters. The molecule has 0 saturated carbocycles. The fourth-order valence-corrected chi connectivity index (χ4v) is 14.6. The molecule has 4 aromatic heterocycles. The summed E-state index contributed by atoms with van der Waals surface area (Å²) in [5.74, 6) is 2.47. The van der Waals surface area contributed by atoms with Crippen molar-refractivity contribution in [2.24, 2.45) is 0 Å². The third-order valence-corrected chi connectivity index (χ3v) is 20.0. The number of benzene rings is 4. The number of nitrogens with two attached hydrogens (primary N) is 1. The van der Waals surface area contributed by atoms with Gasteiger partial charge in [-0.15, -0.1) is 0 Å². The molecule has 8 aromatic rings. The second-order valence-electron chi connectivity index (χ2n) is 24.7. The first-order valence-electron chi connectivity index (χ1n) is 32.3. The second kappa shape index (κ2) is 31.9. The highest BCUT2D eigenvalue weighted by Gasteiger charge is 2.31. The molecule has 0 radical (unpaired) electrons. The lowest BCUT2D eigenvalue weighted by Gasteiger charge is -2.43. The van der Waals surface area contributed by atoms with Crippen molar-refractivity contribution in [3.63, 3.8) is 0 Å². The highest BCUT2D eigenvalue weighted by molar-refractivity contribution is 7.92. The summed E-state index contributed by atoms with van der Waals surface area (Å²) in [5, 5.41) is 3.90. The zero-order valence-corrected chi connectivity index (χ0v) is 60.5. The summed E-state index contributed by atoms with van der Waals surface area (Å²) in [6, 6.07) is 16.7. The predicted molar refractivity (Wildman–Crippen MR) is 392 cm³/mol. The number of nitrogens with one attached hydrogen (secondary N) is 3. The molecule has 520 valence electrons. The van der Waals surface area contributed by atoms with Crippen molar-refractivity contribution in [1.82, 2.24) is 59.5 Å². The number of halogens is 3. The van der Waals surface area contributed by atoms with Gasteiger partial charge in [-0.1, -0.05) is 37.0 Å². The third-order valence-electron chi connectivity index (χ3n) is 18.2. The molecule has 0 spiro atoms. The van der Waals surface area contributed by atoms with Crippen molar-refractivity contribution in [3.05, 3.63) is 112 Å². The standard InChI is InChI=1S/C33H43ClN10O3S.C19H32N4O.C14H12Cl2N6O2S/c1-6-22-19-26(29(47-4)20-28(22)44-13-9-23(10-14-44)43-17-15-41(2)16-18-43)38-33-37-21-24(34)32(39-33)42(3)27-8-7-25-30(36-12-11-35-25)31(27)40-48(5,45)46;1-4-15-13-17(20)19(24-3)14-18(15)23-7-5-16(6-8-23)22-11-9-21(2)10-12-22;1-22(13-8(15)7-19-14(16)20-13)10-4-3-9-11(18-6-5-17-9)12(10)21-25(2,23)24/h7-8,11-12,19-21,23,40H,6,9-10,13-18H2,1-5H3,(H,37,38,39);13-14,16H,4-12,20H2,1-3H3;3-7,21H,1-2H3. The minimum atomic E-state index is -3.65.